The second-order valence-corrected chi connectivity index (χ2v) is 5.83. The molecule has 1 amide bonds. The van der Waals surface area contributed by atoms with E-state index in [2.05, 4.69) is 0 Å². The van der Waals surface area contributed by atoms with Crippen LogP contribution in [-0.4, -0.2) is 21.9 Å². The minimum atomic E-state index is -0.969. The Balaban J connectivity index is 2.71. The van der Waals surface area contributed by atoms with Crippen LogP contribution in [0.3, 0.4) is 0 Å². The lowest BCUT2D eigenvalue weighted by atomic mass is 10.1. The van der Waals surface area contributed by atoms with E-state index in [0.29, 0.717) is 17.9 Å². The van der Waals surface area contributed by atoms with Gasteiger partial charge in [-0.2, -0.15) is 0 Å². The zero-order chi connectivity index (χ0) is 12.8. The maximum absolute atomic E-state index is 11.9. The average Bonchev–Trinajstić information content (AvgIpc) is 2.29. The van der Waals surface area contributed by atoms with Crippen LogP contribution < -0.4 is 11.5 Å². The molecule has 1 aromatic carbocycles. The van der Waals surface area contributed by atoms with E-state index in [1.807, 2.05) is 13.0 Å². The summed E-state index contributed by atoms with van der Waals surface area (Å²) >= 11 is 0. The van der Waals surface area contributed by atoms with Crippen LogP contribution in [0.4, 0.5) is 0 Å². The molecule has 1 rings (SSSR count). The summed E-state index contributed by atoms with van der Waals surface area (Å²) in [6, 6.07) is 6.94. The molecule has 0 aliphatic rings. The maximum Gasteiger partial charge on any atom is 0.248 e. The van der Waals surface area contributed by atoms with Crippen molar-refractivity contribution in [3.63, 3.8) is 0 Å². The Morgan fingerprint density at radius 1 is 1.47 bits per heavy atom. The summed E-state index contributed by atoms with van der Waals surface area (Å²) in [5.74, 6) is -0.0323. The SMILES string of the molecule is CC(CCN)S(=O)Cc1cccc(C(N)=O)c1. The Bertz CT molecular complexity index is 421. The number of hydrogen-bond acceptors (Lipinski definition) is 3. The van der Waals surface area contributed by atoms with Gasteiger partial charge in [0.15, 0.2) is 0 Å². The summed E-state index contributed by atoms with van der Waals surface area (Å²) in [5.41, 5.74) is 11.9. The van der Waals surface area contributed by atoms with Gasteiger partial charge in [0.1, 0.15) is 0 Å². The van der Waals surface area contributed by atoms with E-state index in [0.717, 1.165) is 12.0 Å². The molecule has 0 spiro atoms. The highest BCUT2D eigenvalue weighted by Crippen LogP contribution is 2.11. The molecule has 2 unspecified atom stereocenters. The molecule has 0 aliphatic heterocycles. The molecule has 0 saturated carbocycles. The fourth-order valence-corrected chi connectivity index (χ4v) is 2.68. The molecule has 4 N–H and O–H groups in total. The van der Waals surface area contributed by atoms with E-state index in [1.54, 1.807) is 18.2 Å². The van der Waals surface area contributed by atoms with E-state index in [4.69, 9.17) is 11.5 Å². The number of carbonyl (C=O) groups is 1. The largest absolute Gasteiger partial charge is 0.366 e. The third-order valence-corrected chi connectivity index (χ3v) is 4.29. The van der Waals surface area contributed by atoms with Crippen molar-refractivity contribution in [1.29, 1.82) is 0 Å². The van der Waals surface area contributed by atoms with Crippen molar-refractivity contribution in [2.24, 2.45) is 11.5 Å². The summed E-state index contributed by atoms with van der Waals surface area (Å²) in [6.45, 7) is 2.45. The summed E-state index contributed by atoms with van der Waals surface area (Å²) in [7, 11) is -0.969. The van der Waals surface area contributed by atoms with Crippen molar-refractivity contribution >= 4 is 16.7 Å². The first kappa shape index (κ1) is 13.9. The normalized spacial score (nSPS) is 14.2. The predicted octanol–water partition coefficient (Wildman–Crippen LogP) is 0.772. The van der Waals surface area contributed by atoms with Gasteiger partial charge in [0.05, 0.1) is 0 Å². The van der Waals surface area contributed by atoms with Gasteiger partial charge in [0.25, 0.3) is 0 Å². The molecule has 0 aromatic heterocycles. The topological polar surface area (TPSA) is 86.2 Å². The molecule has 0 bridgehead atoms. The fourth-order valence-electron chi connectivity index (χ4n) is 1.49. The molecule has 0 fully saturated rings. The molecular formula is C12H18N2O2S. The highest BCUT2D eigenvalue weighted by Gasteiger charge is 2.11. The first-order valence-electron chi connectivity index (χ1n) is 5.50. The number of rotatable bonds is 6. The van der Waals surface area contributed by atoms with Gasteiger partial charge >= 0.3 is 0 Å². The second-order valence-electron chi connectivity index (χ2n) is 3.98. The lowest BCUT2D eigenvalue weighted by Gasteiger charge is -2.10. The van der Waals surface area contributed by atoms with Gasteiger partial charge in [-0.25, -0.2) is 0 Å². The standard InChI is InChI=1S/C12H18N2O2S/c1-9(5-6-13)17(16)8-10-3-2-4-11(7-10)12(14)15/h2-4,7,9H,5-6,8,13H2,1H3,(H2,14,15). The van der Waals surface area contributed by atoms with Crippen LogP contribution in [-0.2, 0) is 16.6 Å². The Hall–Kier alpha value is -1.20. The Morgan fingerprint density at radius 3 is 2.76 bits per heavy atom. The van der Waals surface area contributed by atoms with Gasteiger partial charge in [-0.05, 0) is 30.7 Å². The van der Waals surface area contributed by atoms with Gasteiger partial charge in [-0.1, -0.05) is 19.1 Å². The monoisotopic (exact) mass is 254 g/mol. The van der Waals surface area contributed by atoms with Crippen LogP contribution in [0.25, 0.3) is 0 Å². The highest BCUT2D eigenvalue weighted by molar-refractivity contribution is 7.84. The van der Waals surface area contributed by atoms with Crippen molar-refractivity contribution in [3.8, 4) is 0 Å². The van der Waals surface area contributed by atoms with Gasteiger partial charge in [0.2, 0.25) is 5.91 Å². The number of nitrogens with two attached hydrogens (primary N) is 2. The minimum Gasteiger partial charge on any atom is -0.366 e. The Labute approximate surface area is 104 Å². The molecule has 94 valence electrons. The van der Waals surface area contributed by atoms with E-state index < -0.39 is 16.7 Å². The fraction of sp³-hybridized carbons (Fsp3) is 0.417. The lowest BCUT2D eigenvalue weighted by molar-refractivity contribution is 0.1000. The van der Waals surface area contributed by atoms with Crippen LogP contribution in [0, 0.1) is 0 Å². The van der Waals surface area contributed by atoms with E-state index in [1.165, 1.54) is 0 Å². The molecule has 1 aromatic rings. The summed E-state index contributed by atoms with van der Waals surface area (Å²) < 4.78 is 11.9. The van der Waals surface area contributed by atoms with Gasteiger partial charge in [-0.3, -0.25) is 9.00 Å². The Morgan fingerprint density at radius 2 is 2.18 bits per heavy atom. The molecule has 0 heterocycles. The Kier molecular flexibility index (Phi) is 5.31. The summed E-state index contributed by atoms with van der Waals surface area (Å²) in [5, 5.41) is 0.0669. The van der Waals surface area contributed by atoms with Crippen LogP contribution >= 0.6 is 0 Å². The number of amides is 1. The highest BCUT2D eigenvalue weighted by atomic mass is 32.2. The average molecular weight is 254 g/mol. The molecule has 4 nitrogen and oxygen atoms in total. The van der Waals surface area contributed by atoms with E-state index in [-0.39, 0.29) is 5.25 Å². The second kappa shape index (κ2) is 6.51. The maximum atomic E-state index is 11.9. The molecular weight excluding hydrogens is 236 g/mol. The first-order valence-corrected chi connectivity index (χ1v) is 6.88. The van der Waals surface area contributed by atoms with Crippen molar-refractivity contribution in [3.05, 3.63) is 35.4 Å². The minimum absolute atomic E-state index is 0.0669. The zero-order valence-electron chi connectivity index (χ0n) is 9.89. The third kappa shape index (κ3) is 4.28. The van der Waals surface area contributed by atoms with Crippen LogP contribution in [0.2, 0.25) is 0 Å². The van der Waals surface area contributed by atoms with Gasteiger partial charge in [0, 0.05) is 27.4 Å². The first-order chi connectivity index (χ1) is 8.04. The molecule has 0 radical (unpaired) electrons. The number of hydrogen-bond donors (Lipinski definition) is 2. The molecule has 0 saturated heterocycles. The van der Waals surface area contributed by atoms with Crippen molar-refractivity contribution in [1.82, 2.24) is 0 Å². The number of primary amides is 1. The number of benzene rings is 1. The molecule has 0 aliphatic carbocycles. The molecule has 17 heavy (non-hydrogen) atoms. The van der Waals surface area contributed by atoms with Crippen LogP contribution in [0.15, 0.2) is 24.3 Å². The van der Waals surface area contributed by atoms with Crippen LogP contribution in [0.5, 0.6) is 0 Å². The molecule has 2 atom stereocenters. The van der Waals surface area contributed by atoms with Gasteiger partial charge < -0.3 is 11.5 Å². The van der Waals surface area contributed by atoms with Crippen molar-refractivity contribution in [2.45, 2.75) is 24.3 Å². The predicted molar refractivity (Wildman–Crippen MR) is 69.9 cm³/mol. The van der Waals surface area contributed by atoms with Crippen LogP contribution in [0.1, 0.15) is 29.3 Å². The lowest BCUT2D eigenvalue weighted by Crippen LogP contribution is -2.17. The quantitative estimate of drug-likeness (QED) is 0.786. The molecule has 5 heteroatoms. The third-order valence-electron chi connectivity index (χ3n) is 2.54. The summed E-state index contributed by atoms with van der Waals surface area (Å²) in [6.07, 6.45) is 0.738. The van der Waals surface area contributed by atoms with E-state index in [9.17, 15) is 9.00 Å². The summed E-state index contributed by atoms with van der Waals surface area (Å²) in [4.78, 5) is 11.0. The smallest absolute Gasteiger partial charge is 0.248 e. The van der Waals surface area contributed by atoms with Crippen molar-refractivity contribution < 1.29 is 9.00 Å². The van der Waals surface area contributed by atoms with E-state index >= 15 is 0 Å². The van der Waals surface area contributed by atoms with Crippen molar-refractivity contribution in [2.75, 3.05) is 6.54 Å². The number of carbonyl (C=O) groups excluding carboxylic acids is 1. The van der Waals surface area contributed by atoms with Gasteiger partial charge in [-0.15, -0.1) is 0 Å². The zero-order valence-corrected chi connectivity index (χ0v) is 10.7.